The maximum Gasteiger partial charge on any atom is 0.272 e. The zero-order valence-corrected chi connectivity index (χ0v) is 14.4. The predicted octanol–water partition coefficient (Wildman–Crippen LogP) is 0.927. The van der Waals surface area contributed by atoms with Gasteiger partial charge >= 0.3 is 0 Å². The third-order valence-electron chi connectivity index (χ3n) is 3.25. The smallest absolute Gasteiger partial charge is 0.272 e. The number of nitrogens with zero attached hydrogens (tertiary/aromatic N) is 2. The Morgan fingerprint density at radius 3 is 2.44 bits per heavy atom. The molecule has 1 aromatic carbocycles. The van der Waals surface area contributed by atoms with Gasteiger partial charge in [0.15, 0.2) is 5.69 Å². The van der Waals surface area contributed by atoms with E-state index in [0.717, 1.165) is 0 Å². The number of hydrogen-bond donors (Lipinski definition) is 3. The van der Waals surface area contributed by atoms with Gasteiger partial charge in [0.05, 0.1) is 6.54 Å². The second-order valence-corrected chi connectivity index (χ2v) is 5.76. The molecular weight excluding hydrogens is 322 g/mol. The van der Waals surface area contributed by atoms with E-state index in [-0.39, 0.29) is 30.1 Å². The topological polar surface area (TPSA) is 105 Å². The van der Waals surface area contributed by atoms with Crippen LogP contribution in [-0.2, 0) is 11.8 Å². The second-order valence-electron chi connectivity index (χ2n) is 5.76. The van der Waals surface area contributed by atoms with Crippen LogP contribution in [-0.4, -0.2) is 40.1 Å². The molecule has 2 rings (SSSR count). The highest BCUT2D eigenvalue weighted by Gasteiger charge is 2.16. The molecule has 3 N–H and O–H groups in total. The van der Waals surface area contributed by atoms with Gasteiger partial charge in [-0.15, -0.1) is 0 Å². The van der Waals surface area contributed by atoms with Gasteiger partial charge in [-0.2, -0.15) is 5.10 Å². The predicted molar refractivity (Wildman–Crippen MR) is 93.2 cm³/mol. The van der Waals surface area contributed by atoms with Crippen LogP contribution in [0.25, 0.3) is 0 Å². The zero-order chi connectivity index (χ0) is 18.4. The van der Waals surface area contributed by atoms with E-state index in [2.05, 4.69) is 21.0 Å². The molecule has 132 valence electrons. The zero-order valence-electron chi connectivity index (χ0n) is 14.4. The lowest BCUT2D eigenvalue weighted by Gasteiger charge is -2.08. The summed E-state index contributed by atoms with van der Waals surface area (Å²) in [6, 6.07) is 10.2. The van der Waals surface area contributed by atoms with Crippen molar-refractivity contribution < 1.29 is 14.4 Å². The number of aryl methyl sites for hydroxylation is 1. The van der Waals surface area contributed by atoms with Crippen molar-refractivity contribution in [2.75, 3.05) is 11.9 Å². The van der Waals surface area contributed by atoms with Crippen LogP contribution in [0.3, 0.4) is 0 Å². The summed E-state index contributed by atoms with van der Waals surface area (Å²) in [6.07, 6.45) is 0. The van der Waals surface area contributed by atoms with Crippen LogP contribution in [0.5, 0.6) is 0 Å². The van der Waals surface area contributed by atoms with E-state index >= 15 is 0 Å². The maximum absolute atomic E-state index is 12.2. The van der Waals surface area contributed by atoms with Crippen LogP contribution in [0.4, 0.5) is 5.82 Å². The first-order valence-corrected chi connectivity index (χ1v) is 7.85. The quantitative estimate of drug-likeness (QED) is 0.725. The molecule has 0 bridgehead atoms. The standard InChI is InChI=1S/C17H21N5O3/c1-11(2)19-15(23)10-18-17(25)13-9-14(22(3)21-13)20-16(24)12-7-5-4-6-8-12/h4-9,11H,10H2,1-3H3,(H,18,25)(H,19,23)(H,20,24). The summed E-state index contributed by atoms with van der Waals surface area (Å²) in [5.74, 6) is -0.691. The van der Waals surface area contributed by atoms with Gasteiger partial charge in [-0.05, 0) is 26.0 Å². The van der Waals surface area contributed by atoms with Crippen LogP contribution in [0.2, 0.25) is 0 Å². The van der Waals surface area contributed by atoms with E-state index in [4.69, 9.17) is 0 Å². The van der Waals surface area contributed by atoms with E-state index < -0.39 is 5.91 Å². The molecule has 8 heteroatoms. The van der Waals surface area contributed by atoms with E-state index in [1.54, 1.807) is 31.3 Å². The van der Waals surface area contributed by atoms with Gasteiger partial charge in [0.2, 0.25) is 5.91 Å². The number of amides is 3. The molecule has 1 heterocycles. The van der Waals surface area contributed by atoms with Crippen LogP contribution >= 0.6 is 0 Å². The number of benzene rings is 1. The van der Waals surface area contributed by atoms with Crippen molar-refractivity contribution in [3.63, 3.8) is 0 Å². The molecule has 0 fully saturated rings. The Kier molecular flexibility index (Phi) is 5.89. The first-order chi connectivity index (χ1) is 11.9. The number of carbonyl (C=O) groups excluding carboxylic acids is 3. The molecule has 0 radical (unpaired) electrons. The summed E-state index contributed by atoms with van der Waals surface area (Å²) in [7, 11) is 1.61. The molecule has 25 heavy (non-hydrogen) atoms. The molecule has 0 atom stereocenters. The van der Waals surface area contributed by atoms with Crippen molar-refractivity contribution in [1.29, 1.82) is 0 Å². The first kappa shape index (κ1) is 18.2. The monoisotopic (exact) mass is 343 g/mol. The number of rotatable bonds is 6. The van der Waals surface area contributed by atoms with Crippen molar-refractivity contribution in [3.05, 3.63) is 47.7 Å². The molecule has 0 aliphatic heterocycles. The third-order valence-corrected chi connectivity index (χ3v) is 3.25. The highest BCUT2D eigenvalue weighted by atomic mass is 16.2. The lowest BCUT2D eigenvalue weighted by Crippen LogP contribution is -2.39. The molecule has 0 saturated carbocycles. The number of carbonyl (C=O) groups is 3. The summed E-state index contributed by atoms with van der Waals surface area (Å²) in [6.45, 7) is 3.53. The van der Waals surface area contributed by atoms with E-state index in [1.807, 2.05) is 19.9 Å². The summed E-state index contributed by atoms with van der Waals surface area (Å²) in [4.78, 5) is 35.8. The molecular formula is C17H21N5O3. The highest BCUT2D eigenvalue weighted by molar-refractivity contribution is 6.04. The van der Waals surface area contributed by atoms with Gasteiger partial charge < -0.3 is 16.0 Å². The Balaban J connectivity index is 1.98. The molecule has 0 spiro atoms. The first-order valence-electron chi connectivity index (χ1n) is 7.85. The maximum atomic E-state index is 12.2. The minimum Gasteiger partial charge on any atom is -0.352 e. The van der Waals surface area contributed by atoms with E-state index in [0.29, 0.717) is 11.4 Å². The fourth-order valence-electron chi connectivity index (χ4n) is 2.10. The van der Waals surface area contributed by atoms with Crippen LogP contribution in [0.15, 0.2) is 36.4 Å². The third kappa shape index (κ3) is 5.17. The Morgan fingerprint density at radius 1 is 1.12 bits per heavy atom. The summed E-state index contributed by atoms with van der Waals surface area (Å²) < 4.78 is 1.39. The van der Waals surface area contributed by atoms with Gasteiger partial charge in [0.25, 0.3) is 11.8 Å². The minimum atomic E-state index is -0.491. The Hall–Kier alpha value is -3.16. The van der Waals surface area contributed by atoms with Crippen molar-refractivity contribution in [2.24, 2.45) is 7.05 Å². The molecule has 0 aliphatic carbocycles. The summed E-state index contributed by atoms with van der Waals surface area (Å²) >= 11 is 0. The normalized spacial score (nSPS) is 10.4. The van der Waals surface area contributed by atoms with Crippen molar-refractivity contribution in [1.82, 2.24) is 20.4 Å². The molecule has 0 aliphatic rings. The molecule has 1 aromatic heterocycles. The molecule has 0 saturated heterocycles. The Morgan fingerprint density at radius 2 is 1.80 bits per heavy atom. The minimum absolute atomic E-state index is 0.000876. The fraction of sp³-hybridized carbons (Fsp3) is 0.294. The molecule has 8 nitrogen and oxygen atoms in total. The average Bonchev–Trinajstić information content (AvgIpc) is 2.93. The SMILES string of the molecule is CC(C)NC(=O)CNC(=O)c1cc(NC(=O)c2ccccc2)n(C)n1. The lowest BCUT2D eigenvalue weighted by atomic mass is 10.2. The van der Waals surface area contributed by atoms with E-state index in [1.165, 1.54) is 10.7 Å². The molecule has 2 aromatic rings. The summed E-state index contributed by atoms with van der Waals surface area (Å²) in [5.41, 5.74) is 0.614. The van der Waals surface area contributed by atoms with Crippen LogP contribution in [0, 0.1) is 0 Å². The number of hydrogen-bond acceptors (Lipinski definition) is 4. The number of anilines is 1. The van der Waals surface area contributed by atoms with Gasteiger partial charge in [-0.1, -0.05) is 18.2 Å². The van der Waals surface area contributed by atoms with Crippen LogP contribution in [0.1, 0.15) is 34.7 Å². The van der Waals surface area contributed by atoms with Gasteiger partial charge in [0, 0.05) is 24.7 Å². The van der Waals surface area contributed by atoms with Crippen LogP contribution < -0.4 is 16.0 Å². The average molecular weight is 343 g/mol. The molecule has 0 unspecified atom stereocenters. The fourth-order valence-corrected chi connectivity index (χ4v) is 2.10. The van der Waals surface area contributed by atoms with Crippen molar-refractivity contribution >= 4 is 23.5 Å². The highest BCUT2D eigenvalue weighted by Crippen LogP contribution is 2.11. The Labute approximate surface area is 145 Å². The van der Waals surface area contributed by atoms with Crippen molar-refractivity contribution in [2.45, 2.75) is 19.9 Å². The van der Waals surface area contributed by atoms with Crippen molar-refractivity contribution in [3.8, 4) is 0 Å². The molecule has 3 amide bonds. The number of nitrogens with one attached hydrogen (secondary N) is 3. The van der Waals surface area contributed by atoms with E-state index in [9.17, 15) is 14.4 Å². The Bertz CT molecular complexity index is 768. The lowest BCUT2D eigenvalue weighted by molar-refractivity contribution is -0.120. The number of aromatic nitrogens is 2. The van der Waals surface area contributed by atoms with Gasteiger partial charge in [0.1, 0.15) is 5.82 Å². The summed E-state index contributed by atoms with van der Waals surface area (Å²) in [5, 5.41) is 11.9. The largest absolute Gasteiger partial charge is 0.352 e. The second kappa shape index (κ2) is 8.09. The van der Waals surface area contributed by atoms with Gasteiger partial charge in [-0.3, -0.25) is 19.1 Å². The van der Waals surface area contributed by atoms with Gasteiger partial charge in [-0.25, -0.2) is 0 Å².